The van der Waals surface area contributed by atoms with Crippen molar-refractivity contribution < 1.29 is 9.59 Å². The largest absolute Gasteiger partial charge is 0.402 e. The summed E-state index contributed by atoms with van der Waals surface area (Å²) in [6.07, 6.45) is 4.44. The minimum absolute atomic E-state index is 0.0891. The van der Waals surface area contributed by atoms with Crippen molar-refractivity contribution >= 4 is 40.7 Å². The summed E-state index contributed by atoms with van der Waals surface area (Å²) in [5, 5.41) is 16.4. The summed E-state index contributed by atoms with van der Waals surface area (Å²) < 4.78 is 0. The summed E-state index contributed by atoms with van der Waals surface area (Å²) in [5.74, 6) is 4.68. The zero-order valence-corrected chi connectivity index (χ0v) is 17.0. The number of nitrogens with two attached hydrogens (primary N) is 2. The topological polar surface area (TPSA) is 172 Å². The predicted molar refractivity (Wildman–Crippen MR) is 117 cm³/mol. The highest BCUT2D eigenvalue weighted by atomic mass is 16.2. The highest BCUT2D eigenvalue weighted by Gasteiger charge is 2.18. The zero-order valence-electron chi connectivity index (χ0n) is 17.0. The Morgan fingerprint density at radius 2 is 1.97 bits per heavy atom. The molecule has 0 aromatic carbocycles. The normalized spacial score (nSPS) is 12.0. The molecule has 10 heteroatoms. The van der Waals surface area contributed by atoms with E-state index in [2.05, 4.69) is 25.7 Å². The second-order valence-corrected chi connectivity index (χ2v) is 6.36. The van der Waals surface area contributed by atoms with Crippen molar-refractivity contribution in [2.24, 2.45) is 16.7 Å². The van der Waals surface area contributed by atoms with Gasteiger partial charge in [0.1, 0.15) is 0 Å². The van der Waals surface area contributed by atoms with Crippen LogP contribution < -0.4 is 22.2 Å². The quantitative estimate of drug-likeness (QED) is 0.265. The van der Waals surface area contributed by atoms with Gasteiger partial charge in [-0.05, 0) is 26.0 Å². The SMILES string of the molecule is CCC(=O)Nc1cnc(C)c(NC(=O)/C(=N/N)c2ccc(/C(C=N)=C(\C)N)cn2)c1. The zero-order chi connectivity index (χ0) is 22.3. The van der Waals surface area contributed by atoms with Gasteiger partial charge >= 0.3 is 0 Å². The predicted octanol–water partition coefficient (Wildman–Crippen LogP) is 1.77. The lowest BCUT2D eigenvalue weighted by atomic mass is 10.1. The molecule has 10 nitrogen and oxygen atoms in total. The van der Waals surface area contributed by atoms with Gasteiger partial charge < -0.3 is 27.6 Å². The van der Waals surface area contributed by atoms with Crippen molar-refractivity contribution in [2.45, 2.75) is 27.2 Å². The smallest absolute Gasteiger partial charge is 0.278 e. The van der Waals surface area contributed by atoms with Crippen LogP contribution in [-0.2, 0) is 9.59 Å². The van der Waals surface area contributed by atoms with Gasteiger partial charge in [0.05, 0.1) is 29.0 Å². The van der Waals surface area contributed by atoms with E-state index in [0.29, 0.717) is 40.3 Å². The molecule has 30 heavy (non-hydrogen) atoms. The lowest BCUT2D eigenvalue weighted by Crippen LogP contribution is -2.26. The third kappa shape index (κ3) is 5.25. The molecule has 7 N–H and O–H groups in total. The van der Waals surface area contributed by atoms with Crippen molar-refractivity contribution in [1.82, 2.24) is 9.97 Å². The van der Waals surface area contributed by atoms with Crippen LogP contribution >= 0.6 is 0 Å². The van der Waals surface area contributed by atoms with Gasteiger partial charge in [0, 0.05) is 35.7 Å². The Morgan fingerprint density at radius 3 is 2.50 bits per heavy atom. The number of aryl methyl sites for hydroxylation is 1. The standard InChI is InChI=1S/C20H24N8O2/c1-4-18(29)26-14-7-17(12(3)24-10-14)27-20(30)19(28-23)16-6-5-13(9-25-16)15(8-21)11(2)22/h5-10,21H,4,22-23H2,1-3H3,(H,26,29)(H,27,30)/b15-11+,21-8?,28-19+. The number of nitrogens with zero attached hydrogens (tertiary/aromatic N) is 3. The molecule has 156 valence electrons. The maximum absolute atomic E-state index is 12.7. The van der Waals surface area contributed by atoms with Crippen LogP contribution in [0.15, 0.2) is 41.4 Å². The van der Waals surface area contributed by atoms with Gasteiger partial charge in [0.2, 0.25) is 5.91 Å². The van der Waals surface area contributed by atoms with Crippen LogP contribution in [0, 0.1) is 12.3 Å². The van der Waals surface area contributed by atoms with Gasteiger partial charge in [-0.2, -0.15) is 5.10 Å². The number of carbonyl (C=O) groups excluding carboxylic acids is 2. The van der Waals surface area contributed by atoms with Crippen LogP contribution in [0.1, 0.15) is 37.2 Å². The average molecular weight is 408 g/mol. The minimum atomic E-state index is -0.584. The Bertz CT molecular complexity index is 1020. The number of pyridine rings is 2. The number of hydrazone groups is 1. The minimum Gasteiger partial charge on any atom is -0.402 e. The number of aromatic nitrogens is 2. The van der Waals surface area contributed by atoms with Crippen molar-refractivity contribution in [3.63, 3.8) is 0 Å². The molecule has 0 atom stereocenters. The van der Waals surface area contributed by atoms with E-state index < -0.39 is 5.91 Å². The molecule has 0 aliphatic rings. The Kier molecular flexibility index (Phi) is 7.34. The van der Waals surface area contributed by atoms with Crippen LogP contribution in [0.25, 0.3) is 5.57 Å². The van der Waals surface area contributed by atoms with E-state index in [-0.39, 0.29) is 17.3 Å². The molecule has 0 bridgehead atoms. The molecule has 0 saturated carbocycles. The van der Waals surface area contributed by atoms with Crippen molar-refractivity contribution in [3.05, 3.63) is 53.2 Å². The third-order valence-corrected chi connectivity index (χ3v) is 4.17. The van der Waals surface area contributed by atoms with Gasteiger partial charge in [-0.3, -0.25) is 19.6 Å². The van der Waals surface area contributed by atoms with E-state index in [0.717, 1.165) is 6.21 Å². The first-order chi connectivity index (χ1) is 14.3. The van der Waals surface area contributed by atoms with E-state index >= 15 is 0 Å². The molecular weight excluding hydrogens is 384 g/mol. The molecule has 0 spiro atoms. The Balaban J connectivity index is 2.25. The molecule has 0 aliphatic heterocycles. The summed E-state index contributed by atoms with van der Waals surface area (Å²) in [4.78, 5) is 32.7. The Labute approximate surface area is 174 Å². The molecule has 2 rings (SSSR count). The van der Waals surface area contributed by atoms with E-state index in [9.17, 15) is 9.59 Å². The Morgan fingerprint density at radius 1 is 1.23 bits per heavy atom. The molecule has 0 unspecified atom stereocenters. The summed E-state index contributed by atoms with van der Waals surface area (Å²) >= 11 is 0. The summed E-state index contributed by atoms with van der Waals surface area (Å²) in [5.41, 5.74) is 8.97. The first-order valence-electron chi connectivity index (χ1n) is 9.10. The van der Waals surface area contributed by atoms with E-state index in [1.54, 1.807) is 39.0 Å². The molecule has 2 amide bonds. The average Bonchev–Trinajstić information content (AvgIpc) is 2.72. The lowest BCUT2D eigenvalue weighted by Gasteiger charge is -2.11. The molecule has 2 aromatic heterocycles. The first-order valence-corrected chi connectivity index (χ1v) is 9.10. The number of hydrogen-bond acceptors (Lipinski definition) is 8. The number of rotatable bonds is 7. The van der Waals surface area contributed by atoms with Gasteiger partial charge in [-0.25, -0.2) is 0 Å². The molecule has 0 aliphatic carbocycles. The van der Waals surface area contributed by atoms with Crippen molar-refractivity contribution in [3.8, 4) is 0 Å². The fourth-order valence-corrected chi connectivity index (χ4v) is 2.52. The second kappa shape index (κ2) is 9.92. The number of hydrogen-bond donors (Lipinski definition) is 5. The van der Waals surface area contributed by atoms with Crippen molar-refractivity contribution in [2.75, 3.05) is 10.6 Å². The van der Waals surface area contributed by atoms with Gasteiger partial charge in [0.25, 0.3) is 5.91 Å². The van der Waals surface area contributed by atoms with Crippen LogP contribution in [0.3, 0.4) is 0 Å². The third-order valence-electron chi connectivity index (χ3n) is 4.17. The summed E-state index contributed by atoms with van der Waals surface area (Å²) in [6.45, 7) is 5.13. The molecule has 2 aromatic rings. The first kappa shape index (κ1) is 22.2. The molecule has 0 fully saturated rings. The lowest BCUT2D eigenvalue weighted by molar-refractivity contribution is -0.116. The molecular formula is C20H24N8O2. The number of nitrogens with one attached hydrogen (secondary N) is 3. The van der Waals surface area contributed by atoms with Crippen LogP contribution in [0.5, 0.6) is 0 Å². The summed E-state index contributed by atoms with van der Waals surface area (Å²) in [6, 6.07) is 4.84. The fourth-order valence-electron chi connectivity index (χ4n) is 2.52. The monoisotopic (exact) mass is 408 g/mol. The fraction of sp³-hybridized carbons (Fsp3) is 0.200. The number of amides is 2. The van der Waals surface area contributed by atoms with Gasteiger partial charge in [-0.1, -0.05) is 13.0 Å². The molecule has 0 radical (unpaired) electrons. The second-order valence-electron chi connectivity index (χ2n) is 6.36. The van der Waals surface area contributed by atoms with Crippen LogP contribution in [0.2, 0.25) is 0 Å². The highest BCUT2D eigenvalue weighted by Crippen LogP contribution is 2.19. The Hall–Kier alpha value is -4.08. The molecule has 0 saturated heterocycles. The van der Waals surface area contributed by atoms with Crippen LogP contribution in [0.4, 0.5) is 11.4 Å². The van der Waals surface area contributed by atoms with Gasteiger partial charge in [-0.15, -0.1) is 0 Å². The molecule has 2 heterocycles. The maximum atomic E-state index is 12.7. The van der Waals surface area contributed by atoms with E-state index in [4.69, 9.17) is 17.0 Å². The maximum Gasteiger partial charge on any atom is 0.278 e. The highest BCUT2D eigenvalue weighted by molar-refractivity contribution is 6.48. The van der Waals surface area contributed by atoms with E-state index in [1.165, 1.54) is 12.4 Å². The number of carbonyl (C=O) groups is 2. The van der Waals surface area contributed by atoms with E-state index in [1.807, 2.05) is 0 Å². The van der Waals surface area contributed by atoms with Crippen LogP contribution in [-0.4, -0.2) is 33.7 Å². The summed E-state index contributed by atoms with van der Waals surface area (Å²) in [7, 11) is 0. The number of allylic oxidation sites excluding steroid dienone is 2. The van der Waals surface area contributed by atoms with Gasteiger partial charge in [0.15, 0.2) is 5.71 Å². The van der Waals surface area contributed by atoms with Crippen molar-refractivity contribution in [1.29, 1.82) is 5.41 Å². The number of anilines is 2.